The standard InChI is InChI=1S/C22H28N2O2/c1-4-14-24-21(23-20-8-6-5-7-19(20)22(24)25)17-9-11-18(12-10-17)26-15-13-16(2)3/h5-12,16,21,23H,4,13-15H2,1-3H3. The third-order valence-corrected chi connectivity index (χ3v) is 4.65. The van der Waals surface area contributed by atoms with Crippen molar-refractivity contribution in [2.24, 2.45) is 5.92 Å². The predicted octanol–water partition coefficient (Wildman–Crippen LogP) is 5.09. The molecule has 0 aliphatic carbocycles. The Balaban J connectivity index is 1.79. The highest BCUT2D eigenvalue weighted by atomic mass is 16.5. The molecular weight excluding hydrogens is 324 g/mol. The Bertz CT molecular complexity index is 740. The van der Waals surface area contributed by atoms with Gasteiger partial charge in [-0.25, -0.2) is 0 Å². The van der Waals surface area contributed by atoms with Gasteiger partial charge in [-0.1, -0.05) is 45.0 Å². The van der Waals surface area contributed by atoms with E-state index in [1.807, 2.05) is 53.4 Å². The average molecular weight is 352 g/mol. The molecular formula is C22H28N2O2. The molecule has 4 nitrogen and oxygen atoms in total. The number of amides is 1. The minimum Gasteiger partial charge on any atom is -0.494 e. The summed E-state index contributed by atoms with van der Waals surface area (Å²) in [6.07, 6.45) is 1.81. The minimum absolute atomic E-state index is 0.0865. The molecule has 0 saturated carbocycles. The first kappa shape index (κ1) is 18.3. The number of nitrogens with one attached hydrogen (secondary N) is 1. The Morgan fingerprint density at radius 1 is 1.12 bits per heavy atom. The third kappa shape index (κ3) is 4.01. The quantitative estimate of drug-likeness (QED) is 0.755. The van der Waals surface area contributed by atoms with Crippen molar-refractivity contribution in [1.29, 1.82) is 0 Å². The topological polar surface area (TPSA) is 41.6 Å². The summed E-state index contributed by atoms with van der Waals surface area (Å²) in [4.78, 5) is 14.8. The molecule has 2 aromatic rings. The van der Waals surface area contributed by atoms with Crippen LogP contribution in [0.15, 0.2) is 48.5 Å². The number of hydrogen-bond donors (Lipinski definition) is 1. The Morgan fingerprint density at radius 2 is 1.85 bits per heavy atom. The summed E-state index contributed by atoms with van der Waals surface area (Å²) < 4.78 is 5.81. The highest BCUT2D eigenvalue weighted by molar-refractivity contribution is 6.01. The third-order valence-electron chi connectivity index (χ3n) is 4.65. The lowest BCUT2D eigenvalue weighted by molar-refractivity contribution is 0.0683. The van der Waals surface area contributed by atoms with E-state index in [0.717, 1.165) is 48.6 Å². The van der Waals surface area contributed by atoms with Crippen LogP contribution < -0.4 is 10.1 Å². The first-order valence-electron chi connectivity index (χ1n) is 9.49. The van der Waals surface area contributed by atoms with Crippen molar-refractivity contribution in [3.63, 3.8) is 0 Å². The van der Waals surface area contributed by atoms with Gasteiger partial charge in [-0.2, -0.15) is 0 Å². The molecule has 1 atom stereocenters. The second kappa shape index (κ2) is 8.26. The number of hydrogen-bond acceptors (Lipinski definition) is 3. The molecule has 3 rings (SSSR count). The molecule has 1 amide bonds. The van der Waals surface area contributed by atoms with Crippen molar-refractivity contribution in [3.8, 4) is 5.75 Å². The molecule has 0 aromatic heterocycles. The van der Waals surface area contributed by atoms with E-state index in [1.54, 1.807) is 0 Å². The second-order valence-corrected chi connectivity index (χ2v) is 7.19. The molecule has 0 bridgehead atoms. The zero-order valence-electron chi connectivity index (χ0n) is 15.9. The van der Waals surface area contributed by atoms with Crippen molar-refractivity contribution in [3.05, 3.63) is 59.7 Å². The van der Waals surface area contributed by atoms with Crippen LogP contribution in [0.1, 0.15) is 55.7 Å². The van der Waals surface area contributed by atoms with E-state index in [-0.39, 0.29) is 12.1 Å². The number of rotatable bonds is 7. The fourth-order valence-corrected chi connectivity index (χ4v) is 3.19. The summed E-state index contributed by atoms with van der Waals surface area (Å²) in [7, 11) is 0. The van der Waals surface area contributed by atoms with Crippen LogP contribution in [-0.2, 0) is 0 Å². The molecule has 138 valence electrons. The van der Waals surface area contributed by atoms with E-state index in [2.05, 4.69) is 26.1 Å². The molecule has 1 N–H and O–H groups in total. The van der Waals surface area contributed by atoms with E-state index >= 15 is 0 Å². The number of para-hydroxylation sites is 1. The van der Waals surface area contributed by atoms with Gasteiger partial charge >= 0.3 is 0 Å². The molecule has 0 spiro atoms. The van der Waals surface area contributed by atoms with Gasteiger partial charge in [0.25, 0.3) is 5.91 Å². The molecule has 1 aliphatic heterocycles. The van der Waals surface area contributed by atoms with Crippen LogP contribution in [0.4, 0.5) is 5.69 Å². The van der Waals surface area contributed by atoms with E-state index in [9.17, 15) is 4.79 Å². The summed E-state index contributed by atoms with van der Waals surface area (Å²) in [6, 6.07) is 15.8. The maximum atomic E-state index is 12.9. The molecule has 1 unspecified atom stereocenters. The van der Waals surface area contributed by atoms with Crippen molar-refractivity contribution in [2.45, 2.75) is 39.8 Å². The van der Waals surface area contributed by atoms with E-state index < -0.39 is 0 Å². The summed E-state index contributed by atoms with van der Waals surface area (Å²) in [6.45, 7) is 7.93. The smallest absolute Gasteiger partial charge is 0.257 e. The molecule has 1 heterocycles. The van der Waals surface area contributed by atoms with Crippen LogP contribution in [0.25, 0.3) is 0 Å². The van der Waals surface area contributed by atoms with Gasteiger partial charge in [-0.05, 0) is 48.6 Å². The first-order valence-corrected chi connectivity index (χ1v) is 9.49. The van der Waals surface area contributed by atoms with Crippen LogP contribution in [0.3, 0.4) is 0 Å². The molecule has 0 saturated heterocycles. The van der Waals surface area contributed by atoms with E-state index in [4.69, 9.17) is 4.74 Å². The fourth-order valence-electron chi connectivity index (χ4n) is 3.19. The zero-order valence-corrected chi connectivity index (χ0v) is 15.9. The van der Waals surface area contributed by atoms with E-state index in [1.165, 1.54) is 0 Å². The molecule has 0 fully saturated rings. The van der Waals surface area contributed by atoms with Crippen LogP contribution in [0, 0.1) is 5.92 Å². The largest absolute Gasteiger partial charge is 0.494 e. The Morgan fingerprint density at radius 3 is 2.54 bits per heavy atom. The molecule has 1 aliphatic rings. The maximum absolute atomic E-state index is 12.9. The molecule has 2 aromatic carbocycles. The first-order chi connectivity index (χ1) is 12.6. The van der Waals surface area contributed by atoms with Gasteiger partial charge < -0.3 is 15.0 Å². The lowest BCUT2D eigenvalue weighted by Crippen LogP contribution is -2.43. The summed E-state index contributed by atoms with van der Waals surface area (Å²) in [5.74, 6) is 1.59. The molecule has 0 radical (unpaired) electrons. The van der Waals surface area contributed by atoms with Gasteiger partial charge in [-0.15, -0.1) is 0 Å². The number of nitrogens with zero attached hydrogens (tertiary/aromatic N) is 1. The maximum Gasteiger partial charge on any atom is 0.257 e. The van der Waals surface area contributed by atoms with Crippen LogP contribution in [0.5, 0.6) is 5.75 Å². The average Bonchev–Trinajstić information content (AvgIpc) is 2.64. The number of carbonyl (C=O) groups is 1. The van der Waals surface area contributed by atoms with Gasteiger partial charge in [0.05, 0.1) is 12.2 Å². The van der Waals surface area contributed by atoms with Crippen LogP contribution >= 0.6 is 0 Å². The lowest BCUT2D eigenvalue weighted by Gasteiger charge is -2.38. The van der Waals surface area contributed by atoms with Gasteiger partial charge in [0.1, 0.15) is 11.9 Å². The second-order valence-electron chi connectivity index (χ2n) is 7.19. The molecule has 4 heteroatoms. The Hall–Kier alpha value is -2.49. The number of benzene rings is 2. The summed E-state index contributed by atoms with van der Waals surface area (Å²) in [5.41, 5.74) is 2.70. The number of carbonyl (C=O) groups excluding carboxylic acids is 1. The lowest BCUT2D eigenvalue weighted by atomic mass is 10.0. The number of anilines is 1. The van der Waals surface area contributed by atoms with Crippen LogP contribution in [-0.4, -0.2) is 24.0 Å². The van der Waals surface area contributed by atoms with Crippen molar-refractivity contribution in [2.75, 3.05) is 18.5 Å². The highest BCUT2D eigenvalue weighted by Gasteiger charge is 2.31. The van der Waals surface area contributed by atoms with Crippen molar-refractivity contribution >= 4 is 11.6 Å². The normalized spacial score (nSPS) is 16.4. The van der Waals surface area contributed by atoms with Crippen molar-refractivity contribution < 1.29 is 9.53 Å². The number of ether oxygens (including phenoxy) is 1. The monoisotopic (exact) mass is 352 g/mol. The van der Waals surface area contributed by atoms with Gasteiger partial charge in [0.2, 0.25) is 0 Å². The SMILES string of the molecule is CCCN1C(=O)c2ccccc2NC1c1ccc(OCCC(C)C)cc1. The fraction of sp³-hybridized carbons (Fsp3) is 0.409. The van der Waals surface area contributed by atoms with Crippen molar-refractivity contribution in [1.82, 2.24) is 4.90 Å². The van der Waals surface area contributed by atoms with Gasteiger partial charge in [-0.3, -0.25) is 4.79 Å². The summed E-state index contributed by atoms with van der Waals surface area (Å²) >= 11 is 0. The van der Waals surface area contributed by atoms with Crippen LogP contribution in [0.2, 0.25) is 0 Å². The van der Waals surface area contributed by atoms with E-state index in [0.29, 0.717) is 5.92 Å². The van der Waals surface area contributed by atoms with Gasteiger partial charge in [0, 0.05) is 12.2 Å². The Kier molecular flexibility index (Phi) is 5.82. The molecule has 26 heavy (non-hydrogen) atoms. The highest BCUT2D eigenvalue weighted by Crippen LogP contribution is 2.33. The summed E-state index contributed by atoms with van der Waals surface area (Å²) in [5, 5.41) is 3.52. The zero-order chi connectivity index (χ0) is 18.5. The predicted molar refractivity (Wildman–Crippen MR) is 106 cm³/mol. The number of fused-ring (bicyclic) bond motifs is 1. The Labute approximate surface area is 156 Å². The minimum atomic E-state index is -0.151. The van der Waals surface area contributed by atoms with Gasteiger partial charge in [0.15, 0.2) is 0 Å².